The molecule has 2 aromatic rings. The fourth-order valence-corrected chi connectivity index (χ4v) is 3.29. The SMILES string of the molecule is CCCCN(Cc1ccc(C(F)(F)F)cc1F)C(=O)COc1ccc(C[C@H](OCC)C(=O)O)cc1. The third-order valence-electron chi connectivity index (χ3n) is 5.23. The smallest absolute Gasteiger partial charge is 0.416 e. The van der Waals surface area contributed by atoms with Gasteiger partial charge in [-0.2, -0.15) is 13.2 Å². The van der Waals surface area contributed by atoms with Crippen LogP contribution in [0.4, 0.5) is 17.6 Å². The van der Waals surface area contributed by atoms with Crippen molar-refractivity contribution in [1.29, 1.82) is 0 Å². The van der Waals surface area contributed by atoms with Crippen LogP contribution in [0.5, 0.6) is 5.75 Å². The molecule has 2 rings (SSSR count). The number of halogens is 4. The number of amides is 1. The predicted octanol–water partition coefficient (Wildman–Crippen LogP) is 5.08. The maximum atomic E-state index is 14.3. The average Bonchev–Trinajstić information content (AvgIpc) is 2.81. The highest BCUT2D eigenvalue weighted by Gasteiger charge is 2.31. The fraction of sp³-hybridized carbons (Fsp3) is 0.440. The highest BCUT2D eigenvalue weighted by atomic mass is 19.4. The molecule has 35 heavy (non-hydrogen) atoms. The Labute approximate surface area is 201 Å². The maximum Gasteiger partial charge on any atom is 0.416 e. The number of nitrogens with zero attached hydrogens (tertiary/aromatic N) is 1. The average molecular weight is 500 g/mol. The van der Waals surface area contributed by atoms with Crippen LogP contribution in [0, 0.1) is 5.82 Å². The molecule has 0 saturated carbocycles. The van der Waals surface area contributed by atoms with Crippen molar-refractivity contribution in [2.45, 2.75) is 51.9 Å². The number of carboxylic acids is 1. The molecule has 0 bridgehead atoms. The van der Waals surface area contributed by atoms with Crippen molar-refractivity contribution in [3.8, 4) is 5.75 Å². The molecule has 0 saturated heterocycles. The summed E-state index contributed by atoms with van der Waals surface area (Å²) in [5, 5.41) is 9.19. The minimum absolute atomic E-state index is 0.0194. The molecule has 0 fully saturated rings. The van der Waals surface area contributed by atoms with Gasteiger partial charge in [-0.05, 0) is 43.2 Å². The highest BCUT2D eigenvalue weighted by molar-refractivity contribution is 5.77. The second-order valence-corrected chi connectivity index (χ2v) is 7.89. The van der Waals surface area contributed by atoms with E-state index in [0.717, 1.165) is 18.6 Å². The number of carbonyl (C=O) groups excluding carboxylic acids is 1. The molecule has 1 N–H and O–H groups in total. The summed E-state index contributed by atoms with van der Waals surface area (Å²) >= 11 is 0. The van der Waals surface area contributed by atoms with Crippen LogP contribution in [0.2, 0.25) is 0 Å². The first kappa shape index (κ1) is 28.1. The molecular formula is C25H29F4NO5. The van der Waals surface area contributed by atoms with Gasteiger partial charge in [-0.3, -0.25) is 4.79 Å². The largest absolute Gasteiger partial charge is 0.484 e. The van der Waals surface area contributed by atoms with E-state index in [2.05, 4.69) is 0 Å². The number of alkyl halides is 3. The molecule has 0 radical (unpaired) electrons. The second-order valence-electron chi connectivity index (χ2n) is 7.89. The Morgan fingerprint density at radius 1 is 1.09 bits per heavy atom. The Bertz CT molecular complexity index is 979. The van der Waals surface area contributed by atoms with Gasteiger partial charge in [0, 0.05) is 31.7 Å². The van der Waals surface area contributed by atoms with E-state index >= 15 is 0 Å². The zero-order valence-corrected chi connectivity index (χ0v) is 19.6. The van der Waals surface area contributed by atoms with Crippen molar-refractivity contribution in [3.05, 3.63) is 65.0 Å². The predicted molar refractivity (Wildman–Crippen MR) is 120 cm³/mol. The summed E-state index contributed by atoms with van der Waals surface area (Å²) in [6.07, 6.45) is -4.05. The highest BCUT2D eigenvalue weighted by Crippen LogP contribution is 2.30. The first-order valence-corrected chi connectivity index (χ1v) is 11.2. The molecule has 1 atom stereocenters. The lowest BCUT2D eigenvalue weighted by atomic mass is 10.1. The monoisotopic (exact) mass is 499 g/mol. The lowest BCUT2D eigenvalue weighted by Gasteiger charge is -2.23. The first-order valence-electron chi connectivity index (χ1n) is 11.2. The van der Waals surface area contributed by atoms with Crippen LogP contribution in [-0.2, 0) is 33.5 Å². The van der Waals surface area contributed by atoms with Crippen LogP contribution in [0.15, 0.2) is 42.5 Å². The second kappa shape index (κ2) is 13.1. The van der Waals surface area contributed by atoms with Gasteiger partial charge in [0.05, 0.1) is 5.56 Å². The molecular weight excluding hydrogens is 470 g/mol. The number of unbranched alkanes of at least 4 members (excludes halogenated alkanes) is 1. The Morgan fingerprint density at radius 3 is 2.31 bits per heavy atom. The normalized spacial score (nSPS) is 12.3. The maximum absolute atomic E-state index is 14.3. The van der Waals surface area contributed by atoms with E-state index < -0.39 is 35.5 Å². The zero-order valence-electron chi connectivity index (χ0n) is 19.6. The van der Waals surface area contributed by atoms with E-state index in [9.17, 15) is 32.3 Å². The number of rotatable bonds is 13. The number of benzene rings is 2. The summed E-state index contributed by atoms with van der Waals surface area (Å²) in [6.45, 7) is 3.66. The lowest BCUT2D eigenvalue weighted by Crippen LogP contribution is -2.35. The molecule has 6 nitrogen and oxygen atoms in total. The zero-order chi connectivity index (χ0) is 26.0. The molecule has 2 aromatic carbocycles. The van der Waals surface area contributed by atoms with Crippen molar-refractivity contribution in [2.75, 3.05) is 19.8 Å². The van der Waals surface area contributed by atoms with Gasteiger partial charge < -0.3 is 19.5 Å². The number of hydrogen-bond acceptors (Lipinski definition) is 4. The third-order valence-corrected chi connectivity index (χ3v) is 5.23. The molecule has 1 amide bonds. The standard InChI is InChI=1S/C25H29F4NO5/c1-3-5-12-30(15-18-8-9-19(14-21(18)26)25(27,28)29)23(31)16-35-20-10-6-17(7-11-20)13-22(24(32)33)34-4-2/h6-11,14,22H,3-5,12-13,15-16H2,1-2H3,(H,32,33)/t22-/m0/s1. The summed E-state index contributed by atoms with van der Waals surface area (Å²) in [4.78, 5) is 25.3. The van der Waals surface area contributed by atoms with E-state index in [1.54, 1.807) is 31.2 Å². The molecule has 0 aliphatic heterocycles. The molecule has 192 valence electrons. The summed E-state index contributed by atoms with van der Waals surface area (Å²) in [7, 11) is 0. The molecule has 0 unspecified atom stereocenters. The van der Waals surface area contributed by atoms with Gasteiger partial charge in [0.2, 0.25) is 0 Å². The molecule has 0 aliphatic rings. The van der Waals surface area contributed by atoms with Crippen LogP contribution >= 0.6 is 0 Å². The van der Waals surface area contributed by atoms with Gasteiger partial charge in [-0.25, -0.2) is 9.18 Å². The van der Waals surface area contributed by atoms with E-state index in [4.69, 9.17) is 9.47 Å². The fourth-order valence-electron chi connectivity index (χ4n) is 3.29. The number of hydrogen-bond donors (Lipinski definition) is 1. The van der Waals surface area contributed by atoms with Gasteiger partial charge in [-0.15, -0.1) is 0 Å². The topological polar surface area (TPSA) is 76.1 Å². The van der Waals surface area contributed by atoms with Crippen LogP contribution in [-0.4, -0.2) is 47.7 Å². The van der Waals surface area contributed by atoms with Crippen LogP contribution in [0.1, 0.15) is 43.4 Å². The summed E-state index contributed by atoms with van der Waals surface area (Å²) in [6, 6.07) is 8.79. The Kier molecular flexibility index (Phi) is 10.5. The molecule has 0 aromatic heterocycles. The van der Waals surface area contributed by atoms with Crippen molar-refractivity contribution in [3.63, 3.8) is 0 Å². The van der Waals surface area contributed by atoms with Gasteiger partial charge >= 0.3 is 12.1 Å². The lowest BCUT2D eigenvalue weighted by molar-refractivity contribution is -0.150. The van der Waals surface area contributed by atoms with Crippen LogP contribution in [0.25, 0.3) is 0 Å². The van der Waals surface area contributed by atoms with Gasteiger partial charge in [-0.1, -0.05) is 31.5 Å². The quantitative estimate of drug-likeness (QED) is 0.389. The van der Waals surface area contributed by atoms with Gasteiger partial charge in [0.15, 0.2) is 12.7 Å². The van der Waals surface area contributed by atoms with Crippen LogP contribution in [0.3, 0.4) is 0 Å². The van der Waals surface area contributed by atoms with Crippen molar-refractivity contribution < 1.29 is 41.7 Å². The minimum atomic E-state index is -4.65. The van der Waals surface area contributed by atoms with E-state index in [1.807, 2.05) is 6.92 Å². The number of aliphatic carboxylic acids is 1. The van der Waals surface area contributed by atoms with Crippen molar-refractivity contribution >= 4 is 11.9 Å². The van der Waals surface area contributed by atoms with Gasteiger partial charge in [0.25, 0.3) is 5.91 Å². The van der Waals surface area contributed by atoms with E-state index in [1.165, 1.54) is 4.90 Å². The molecule has 10 heteroatoms. The number of carboxylic acid groups (broad SMARTS) is 1. The molecule has 0 spiro atoms. The van der Waals surface area contributed by atoms with E-state index in [-0.39, 0.29) is 31.7 Å². The Morgan fingerprint density at radius 2 is 1.77 bits per heavy atom. The summed E-state index contributed by atoms with van der Waals surface area (Å²) < 4.78 is 63.4. The summed E-state index contributed by atoms with van der Waals surface area (Å²) in [5.74, 6) is -2.16. The van der Waals surface area contributed by atoms with E-state index in [0.29, 0.717) is 30.3 Å². The number of carbonyl (C=O) groups is 2. The first-order chi connectivity index (χ1) is 16.5. The summed E-state index contributed by atoms with van der Waals surface area (Å²) in [5.41, 5.74) is -0.395. The Balaban J connectivity index is 2.02. The Hall–Kier alpha value is -3.14. The molecule has 0 aliphatic carbocycles. The van der Waals surface area contributed by atoms with Crippen molar-refractivity contribution in [2.24, 2.45) is 0 Å². The van der Waals surface area contributed by atoms with Crippen molar-refractivity contribution in [1.82, 2.24) is 4.90 Å². The van der Waals surface area contributed by atoms with Crippen LogP contribution < -0.4 is 4.74 Å². The van der Waals surface area contributed by atoms with Gasteiger partial charge in [0.1, 0.15) is 11.6 Å². The third kappa shape index (κ3) is 8.86. The number of ether oxygens (including phenoxy) is 2. The minimum Gasteiger partial charge on any atom is -0.484 e. The molecule has 0 heterocycles.